The van der Waals surface area contributed by atoms with Crippen molar-refractivity contribution in [1.29, 1.82) is 0 Å². The van der Waals surface area contributed by atoms with Crippen LogP contribution in [-0.4, -0.2) is 12.6 Å². The van der Waals surface area contributed by atoms with Crippen molar-refractivity contribution in [3.63, 3.8) is 0 Å². The van der Waals surface area contributed by atoms with Gasteiger partial charge in [-0.15, -0.1) is 0 Å². The average Bonchev–Trinajstić information content (AvgIpc) is 3.17. The van der Waals surface area contributed by atoms with Crippen molar-refractivity contribution in [2.45, 2.75) is 37.6 Å². The van der Waals surface area contributed by atoms with E-state index in [1.165, 1.54) is 24.8 Å². The van der Waals surface area contributed by atoms with E-state index in [-0.39, 0.29) is 0 Å². The summed E-state index contributed by atoms with van der Waals surface area (Å²) in [5, 5.41) is 4.93. The fourth-order valence-electron chi connectivity index (χ4n) is 2.55. The Morgan fingerprint density at radius 3 is 2.71 bits per heavy atom. The first-order valence-electron chi connectivity index (χ1n) is 6.28. The van der Waals surface area contributed by atoms with Gasteiger partial charge >= 0.3 is 0 Å². The molecule has 0 bridgehead atoms. The van der Waals surface area contributed by atoms with Gasteiger partial charge in [0.1, 0.15) is 0 Å². The maximum atomic E-state index is 6.09. The van der Waals surface area contributed by atoms with Crippen molar-refractivity contribution < 1.29 is 0 Å². The Balaban J connectivity index is 1.68. The Labute approximate surface area is 112 Å². The van der Waals surface area contributed by atoms with Gasteiger partial charge in [-0.2, -0.15) is 0 Å². The molecule has 2 aliphatic rings. The van der Waals surface area contributed by atoms with Crippen LogP contribution in [0.5, 0.6) is 0 Å². The molecule has 1 aromatic rings. The van der Waals surface area contributed by atoms with E-state index < -0.39 is 0 Å². The van der Waals surface area contributed by atoms with Crippen LogP contribution in [0.15, 0.2) is 18.2 Å². The first-order chi connectivity index (χ1) is 8.09. The van der Waals surface area contributed by atoms with Crippen LogP contribution in [0.25, 0.3) is 0 Å². The lowest BCUT2D eigenvalue weighted by Gasteiger charge is -2.13. The minimum Gasteiger partial charge on any atom is -0.314 e. The Kier molecular flexibility index (Phi) is 2.89. The second-order valence-corrected chi connectivity index (χ2v) is 6.44. The minimum atomic E-state index is 0.302. The normalized spacial score (nSPS) is 31.6. The highest BCUT2D eigenvalue weighted by molar-refractivity contribution is 6.42. The molecule has 0 aromatic heterocycles. The van der Waals surface area contributed by atoms with E-state index in [4.69, 9.17) is 23.2 Å². The average molecular weight is 270 g/mol. The summed E-state index contributed by atoms with van der Waals surface area (Å²) in [4.78, 5) is 0. The molecule has 0 amide bonds. The van der Waals surface area contributed by atoms with Gasteiger partial charge in [-0.05, 0) is 54.8 Å². The third-order valence-corrected chi connectivity index (χ3v) is 4.96. The van der Waals surface area contributed by atoms with Gasteiger partial charge in [0.05, 0.1) is 10.0 Å². The van der Waals surface area contributed by atoms with E-state index >= 15 is 0 Å². The maximum absolute atomic E-state index is 6.09. The van der Waals surface area contributed by atoms with Crippen molar-refractivity contribution >= 4 is 23.2 Å². The van der Waals surface area contributed by atoms with E-state index in [0.29, 0.717) is 15.5 Å². The highest BCUT2D eigenvalue weighted by Gasteiger charge is 2.51. The van der Waals surface area contributed by atoms with Gasteiger partial charge in [-0.3, -0.25) is 0 Å². The minimum absolute atomic E-state index is 0.302. The van der Waals surface area contributed by atoms with Gasteiger partial charge in [0.15, 0.2) is 0 Å². The zero-order valence-electron chi connectivity index (χ0n) is 9.97. The van der Waals surface area contributed by atoms with Gasteiger partial charge in [0, 0.05) is 6.04 Å². The number of hydrogen-bond acceptors (Lipinski definition) is 1. The second kappa shape index (κ2) is 4.15. The highest BCUT2D eigenvalue weighted by Crippen LogP contribution is 2.54. The lowest BCUT2D eigenvalue weighted by molar-refractivity contribution is 0.576. The summed E-state index contributed by atoms with van der Waals surface area (Å²) in [6.07, 6.45) is 3.97. The quantitative estimate of drug-likeness (QED) is 0.871. The predicted octanol–water partition coefficient (Wildman–Crippen LogP) is 4.02. The van der Waals surface area contributed by atoms with Crippen LogP contribution in [0.2, 0.25) is 10.0 Å². The molecule has 0 saturated heterocycles. The zero-order chi connectivity index (χ0) is 12.0. The summed E-state index contributed by atoms with van der Waals surface area (Å²) < 4.78 is 0. The van der Waals surface area contributed by atoms with Crippen LogP contribution in [0.3, 0.4) is 0 Å². The topological polar surface area (TPSA) is 12.0 Å². The lowest BCUT2D eigenvalue weighted by atomic mass is 9.95. The molecule has 3 heteroatoms. The first kappa shape index (κ1) is 11.8. The number of rotatable bonds is 4. The molecule has 0 heterocycles. The van der Waals surface area contributed by atoms with E-state index in [9.17, 15) is 0 Å². The van der Waals surface area contributed by atoms with Crippen LogP contribution in [0.4, 0.5) is 0 Å². The zero-order valence-corrected chi connectivity index (χ0v) is 11.5. The highest BCUT2D eigenvalue weighted by atomic mass is 35.5. The SMILES string of the molecule is CC1(c2ccc(Cl)c(Cl)c2)CC1CNC1CC1. The van der Waals surface area contributed by atoms with E-state index in [1.54, 1.807) is 0 Å². The van der Waals surface area contributed by atoms with E-state index in [2.05, 4.69) is 18.3 Å². The van der Waals surface area contributed by atoms with Gasteiger partial charge < -0.3 is 5.32 Å². The standard InChI is InChI=1S/C14H17Cl2N/c1-14(7-10(14)8-17-11-3-4-11)9-2-5-12(15)13(16)6-9/h2,5-6,10-11,17H,3-4,7-8H2,1H3. The number of benzene rings is 1. The van der Waals surface area contributed by atoms with E-state index in [1.807, 2.05) is 12.1 Å². The van der Waals surface area contributed by atoms with Crippen molar-refractivity contribution in [2.24, 2.45) is 5.92 Å². The molecule has 1 nitrogen and oxygen atoms in total. The molecule has 0 radical (unpaired) electrons. The summed E-state index contributed by atoms with van der Waals surface area (Å²) in [5.74, 6) is 0.750. The summed E-state index contributed by atoms with van der Waals surface area (Å²) in [6, 6.07) is 6.86. The summed E-state index contributed by atoms with van der Waals surface area (Å²) in [7, 11) is 0. The fourth-order valence-corrected chi connectivity index (χ4v) is 2.85. The molecule has 1 N–H and O–H groups in total. The van der Waals surface area contributed by atoms with Gasteiger partial charge in [-0.25, -0.2) is 0 Å². The predicted molar refractivity (Wildman–Crippen MR) is 72.9 cm³/mol. The van der Waals surface area contributed by atoms with Crippen LogP contribution in [0, 0.1) is 5.92 Å². The Morgan fingerprint density at radius 1 is 1.29 bits per heavy atom. The molecule has 0 aliphatic heterocycles. The molecule has 2 saturated carbocycles. The number of hydrogen-bond donors (Lipinski definition) is 1. The van der Waals surface area contributed by atoms with Crippen molar-refractivity contribution in [2.75, 3.05) is 6.54 Å². The molecule has 3 rings (SSSR count). The third-order valence-electron chi connectivity index (χ3n) is 4.22. The Hall–Kier alpha value is -0.240. The molecular weight excluding hydrogens is 253 g/mol. The largest absolute Gasteiger partial charge is 0.314 e. The lowest BCUT2D eigenvalue weighted by Crippen LogP contribution is -2.22. The van der Waals surface area contributed by atoms with Gasteiger partial charge in [-0.1, -0.05) is 36.2 Å². The first-order valence-corrected chi connectivity index (χ1v) is 7.04. The van der Waals surface area contributed by atoms with E-state index in [0.717, 1.165) is 18.5 Å². The summed E-state index contributed by atoms with van der Waals surface area (Å²) >= 11 is 12.0. The number of halogens is 2. The van der Waals surface area contributed by atoms with Crippen molar-refractivity contribution in [3.05, 3.63) is 33.8 Å². The van der Waals surface area contributed by atoms with Crippen molar-refractivity contribution in [3.8, 4) is 0 Å². The summed E-state index contributed by atoms with van der Waals surface area (Å²) in [6.45, 7) is 3.47. The molecular formula is C14H17Cl2N. The molecule has 2 unspecified atom stereocenters. The molecule has 0 spiro atoms. The number of nitrogens with one attached hydrogen (secondary N) is 1. The Bertz CT molecular complexity index is 442. The summed E-state index contributed by atoms with van der Waals surface area (Å²) in [5.41, 5.74) is 1.63. The molecule has 92 valence electrons. The fraction of sp³-hybridized carbons (Fsp3) is 0.571. The van der Waals surface area contributed by atoms with Crippen molar-refractivity contribution in [1.82, 2.24) is 5.32 Å². The molecule has 2 fully saturated rings. The molecule has 17 heavy (non-hydrogen) atoms. The van der Waals surface area contributed by atoms with Gasteiger partial charge in [0.25, 0.3) is 0 Å². The monoisotopic (exact) mass is 269 g/mol. The Morgan fingerprint density at radius 2 is 2.06 bits per heavy atom. The van der Waals surface area contributed by atoms with Crippen LogP contribution >= 0.6 is 23.2 Å². The third kappa shape index (κ3) is 2.33. The van der Waals surface area contributed by atoms with Crippen LogP contribution in [-0.2, 0) is 5.41 Å². The molecule has 2 aliphatic carbocycles. The van der Waals surface area contributed by atoms with Crippen LogP contribution < -0.4 is 5.32 Å². The molecule has 2 atom stereocenters. The van der Waals surface area contributed by atoms with Gasteiger partial charge in [0.2, 0.25) is 0 Å². The maximum Gasteiger partial charge on any atom is 0.0595 e. The smallest absolute Gasteiger partial charge is 0.0595 e. The van der Waals surface area contributed by atoms with Crippen LogP contribution in [0.1, 0.15) is 31.7 Å². The molecule has 1 aromatic carbocycles. The second-order valence-electron chi connectivity index (χ2n) is 5.63.